The van der Waals surface area contributed by atoms with E-state index in [1.54, 1.807) is 0 Å². The van der Waals surface area contributed by atoms with E-state index in [9.17, 15) is 4.79 Å². The molecule has 0 atom stereocenters. The summed E-state index contributed by atoms with van der Waals surface area (Å²) in [4.78, 5) is 21.0. The topological polar surface area (TPSA) is 84.5 Å². The summed E-state index contributed by atoms with van der Waals surface area (Å²) < 4.78 is 2.13. The Kier molecular flexibility index (Phi) is 3.53. The fourth-order valence-corrected chi connectivity index (χ4v) is 2.93. The van der Waals surface area contributed by atoms with E-state index in [0.717, 1.165) is 17.5 Å². The average Bonchev–Trinajstić information content (AvgIpc) is 3.52. The van der Waals surface area contributed by atoms with Crippen molar-refractivity contribution in [2.24, 2.45) is 10.2 Å². The molecule has 7 nitrogen and oxygen atoms in total. The van der Waals surface area contributed by atoms with E-state index in [1.165, 1.54) is 19.2 Å². The highest BCUT2D eigenvalue weighted by Crippen LogP contribution is 2.37. The summed E-state index contributed by atoms with van der Waals surface area (Å²) in [6.07, 6.45) is 13.1. The van der Waals surface area contributed by atoms with Crippen molar-refractivity contribution >= 4 is 16.9 Å². The smallest absolute Gasteiger partial charge is 0.270 e. The van der Waals surface area contributed by atoms with Crippen LogP contribution in [0.3, 0.4) is 0 Å². The molecule has 3 heterocycles. The molecule has 2 aliphatic rings. The summed E-state index contributed by atoms with van der Waals surface area (Å²) in [5.41, 5.74) is 0.868. The second-order valence-electron chi connectivity index (χ2n) is 6.31. The first-order chi connectivity index (χ1) is 11.7. The Hall–Kier alpha value is -2.75. The van der Waals surface area contributed by atoms with Crippen LogP contribution < -0.4 is 5.32 Å². The van der Waals surface area contributed by atoms with Crippen molar-refractivity contribution in [2.45, 2.75) is 43.8 Å². The van der Waals surface area contributed by atoms with Gasteiger partial charge in [0.05, 0.1) is 5.39 Å². The lowest BCUT2D eigenvalue weighted by molar-refractivity contribution is 0.0948. The Morgan fingerprint density at radius 1 is 1.38 bits per heavy atom. The van der Waals surface area contributed by atoms with Gasteiger partial charge in [-0.2, -0.15) is 10.2 Å². The van der Waals surface area contributed by atoms with Gasteiger partial charge in [-0.15, -0.1) is 12.3 Å². The summed E-state index contributed by atoms with van der Waals surface area (Å²) in [5.74, 6) is 2.41. The van der Waals surface area contributed by atoms with Crippen LogP contribution in [-0.4, -0.2) is 32.6 Å². The Bertz CT molecular complexity index is 852. The highest BCUT2D eigenvalue weighted by molar-refractivity contribution is 6.03. The lowest BCUT2D eigenvalue weighted by Gasteiger charge is -2.10. The Morgan fingerprint density at radius 3 is 2.92 bits per heavy atom. The molecule has 2 aromatic heterocycles. The second kappa shape index (κ2) is 5.71. The molecule has 1 aliphatic heterocycles. The molecule has 0 aromatic carbocycles. The van der Waals surface area contributed by atoms with E-state index in [-0.39, 0.29) is 11.6 Å². The van der Waals surface area contributed by atoms with Crippen molar-refractivity contribution in [3.63, 3.8) is 0 Å². The number of hydrogen-bond donors (Lipinski definition) is 1. The fourth-order valence-electron chi connectivity index (χ4n) is 2.93. The zero-order valence-corrected chi connectivity index (χ0v) is 13.3. The molecular formula is C17H18N6O. The van der Waals surface area contributed by atoms with Crippen LogP contribution in [0.25, 0.3) is 11.0 Å². The van der Waals surface area contributed by atoms with Gasteiger partial charge in [0.1, 0.15) is 17.7 Å². The van der Waals surface area contributed by atoms with E-state index in [2.05, 4.69) is 36.0 Å². The van der Waals surface area contributed by atoms with Crippen LogP contribution in [0.1, 0.15) is 48.6 Å². The molecule has 7 heteroatoms. The molecule has 0 unspecified atom stereocenters. The van der Waals surface area contributed by atoms with Crippen LogP contribution in [0.5, 0.6) is 0 Å². The van der Waals surface area contributed by atoms with Crippen molar-refractivity contribution < 1.29 is 4.79 Å². The Morgan fingerprint density at radius 2 is 2.21 bits per heavy atom. The number of fused-ring (bicyclic) bond motifs is 1. The standard InChI is InChI=1S/C17H18N6O/c1-2-3-7-17(21-22-17)8-9-18-16(24)14-13-6-10-23(12-4-5-12)15(13)20-11-19-14/h1,6,10-12H,3-5,7-9H2,(H,18,24). The monoisotopic (exact) mass is 322 g/mol. The van der Waals surface area contributed by atoms with Gasteiger partial charge in [0.15, 0.2) is 5.66 Å². The summed E-state index contributed by atoms with van der Waals surface area (Å²) in [7, 11) is 0. The lowest BCUT2D eigenvalue weighted by Crippen LogP contribution is -2.29. The minimum atomic E-state index is -0.379. The molecule has 0 bridgehead atoms. The van der Waals surface area contributed by atoms with Crippen LogP contribution in [0.15, 0.2) is 28.8 Å². The van der Waals surface area contributed by atoms with Crippen molar-refractivity contribution in [2.75, 3.05) is 6.54 Å². The number of nitrogens with zero attached hydrogens (tertiary/aromatic N) is 5. The van der Waals surface area contributed by atoms with Gasteiger partial charge in [0.2, 0.25) is 0 Å². The highest BCUT2D eigenvalue weighted by Gasteiger charge is 2.38. The number of amides is 1. The summed E-state index contributed by atoms with van der Waals surface area (Å²) >= 11 is 0. The third-order valence-electron chi connectivity index (χ3n) is 4.53. The molecule has 24 heavy (non-hydrogen) atoms. The molecule has 1 fully saturated rings. The largest absolute Gasteiger partial charge is 0.351 e. The predicted molar refractivity (Wildman–Crippen MR) is 88.4 cm³/mol. The van der Waals surface area contributed by atoms with Crippen LogP contribution in [0.2, 0.25) is 0 Å². The first-order valence-corrected chi connectivity index (χ1v) is 8.20. The minimum Gasteiger partial charge on any atom is -0.351 e. The van der Waals surface area contributed by atoms with E-state index in [1.807, 2.05) is 12.3 Å². The first-order valence-electron chi connectivity index (χ1n) is 8.20. The van der Waals surface area contributed by atoms with Crippen LogP contribution in [0, 0.1) is 12.3 Å². The molecule has 2 aromatic rings. The van der Waals surface area contributed by atoms with Gasteiger partial charge in [0.25, 0.3) is 5.91 Å². The molecule has 1 amide bonds. The summed E-state index contributed by atoms with van der Waals surface area (Å²) in [6, 6.07) is 2.44. The lowest BCUT2D eigenvalue weighted by atomic mass is 10.0. The van der Waals surface area contributed by atoms with Gasteiger partial charge in [-0.3, -0.25) is 4.79 Å². The second-order valence-corrected chi connectivity index (χ2v) is 6.31. The zero-order valence-electron chi connectivity index (χ0n) is 13.3. The molecule has 0 saturated heterocycles. The number of nitrogens with one attached hydrogen (secondary N) is 1. The highest BCUT2D eigenvalue weighted by atomic mass is 16.1. The number of aromatic nitrogens is 3. The average molecular weight is 322 g/mol. The Labute approximate surface area is 139 Å². The maximum Gasteiger partial charge on any atom is 0.270 e. The van der Waals surface area contributed by atoms with Gasteiger partial charge < -0.3 is 9.88 Å². The maximum absolute atomic E-state index is 12.5. The minimum absolute atomic E-state index is 0.191. The van der Waals surface area contributed by atoms with Gasteiger partial charge in [0, 0.05) is 38.0 Å². The predicted octanol–water partition coefficient (Wildman–Crippen LogP) is 2.46. The molecule has 1 aliphatic carbocycles. The Balaban J connectivity index is 1.42. The van der Waals surface area contributed by atoms with Gasteiger partial charge in [-0.1, -0.05) is 0 Å². The third-order valence-corrected chi connectivity index (χ3v) is 4.53. The van der Waals surface area contributed by atoms with E-state index in [0.29, 0.717) is 31.1 Å². The van der Waals surface area contributed by atoms with Crippen molar-refractivity contribution in [1.82, 2.24) is 19.9 Å². The first kappa shape index (κ1) is 14.8. The van der Waals surface area contributed by atoms with E-state index < -0.39 is 0 Å². The molecule has 1 N–H and O–H groups in total. The number of terminal acetylenes is 1. The van der Waals surface area contributed by atoms with Gasteiger partial charge >= 0.3 is 0 Å². The molecule has 0 radical (unpaired) electrons. The number of rotatable bonds is 7. The van der Waals surface area contributed by atoms with Crippen molar-refractivity contribution in [3.8, 4) is 12.3 Å². The molecule has 4 rings (SSSR count). The normalized spacial score (nSPS) is 17.6. The van der Waals surface area contributed by atoms with Crippen molar-refractivity contribution in [1.29, 1.82) is 0 Å². The quantitative estimate of drug-likeness (QED) is 0.795. The summed E-state index contributed by atoms with van der Waals surface area (Å²) in [5, 5.41) is 11.8. The number of hydrogen-bond acceptors (Lipinski definition) is 5. The molecule has 1 saturated carbocycles. The van der Waals surface area contributed by atoms with Crippen molar-refractivity contribution in [3.05, 3.63) is 24.3 Å². The maximum atomic E-state index is 12.5. The van der Waals surface area contributed by atoms with Gasteiger partial charge in [-0.25, -0.2) is 9.97 Å². The fraction of sp³-hybridized carbons (Fsp3) is 0.471. The third kappa shape index (κ3) is 2.75. The number of carbonyl (C=O) groups excluding carboxylic acids is 1. The molecular weight excluding hydrogens is 304 g/mol. The van der Waals surface area contributed by atoms with Crippen LogP contribution in [0.4, 0.5) is 0 Å². The molecule has 0 spiro atoms. The zero-order chi connectivity index (χ0) is 16.6. The number of carbonyl (C=O) groups is 1. The SMILES string of the molecule is C#CCCC1(CCNC(=O)c2ncnc3c2ccn3C2CC2)N=N1. The summed E-state index contributed by atoms with van der Waals surface area (Å²) in [6.45, 7) is 0.491. The van der Waals surface area contributed by atoms with E-state index in [4.69, 9.17) is 6.42 Å². The molecule has 122 valence electrons. The van der Waals surface area contributed by atoms with Crippen LogP contribution in [-0.2, 0) is 0 Å². The van der Waals surface area contributed by atoms with Crippen LogP contribution >= 0.6 is 0 Å². The van der Waals surface area contributed by atoms with Gasteiger partial charge in [-0.05, 0) is 18.9 Å². The van der Waals surface area contributed by atoms with E-state index >= 15 is 0 Å².